The van der Waals surface area contributed by atoms with Crippen molar-refractivity contribution >= 4 is 28.9 Å². The van der Waals surface area contributed by atoms with Crippen molar-refractivity contribution in [3.63, 3.8) is 0 Å². The van der Waals surface area contributed by atoms with Crippen LogP contribution in [0.1, 0.15) is 12.0 Å². The molecule has 0 atom stereocenters. The molecule has 0 aliphatic heterocycles. The fourth-order valence-corrected chi connectivity index (χ4v) is 1.61. The van der Waals surface area contributed by atoms with E-state index in [1.54, 1.807) is 12.1 Å². The molecule has 0 aromatic heterocycles. The third-order valence-electron chi connectivity index (χ3n) is 1.68. The first-order chi connectivity index (χ1) is 7.65. The average Bonchev–Trinajstić information content (AvgIpc) is 2.20. The summed E-state index contributed by atoms with van der Waals surface area (Å²) < 4.78 is 0. The van der Waals surface area contributed by atoms with E-state index in [9.17, 15) is 0 Å². The van der Waals surface area contributed by atoms with Gasteiger partial charge in [0, 0.05) is 23.6 Å². The van der Waals surface area contributed by atoms with Crippen molar-refractivity contribution in [2.75, 3.05) is 12.3 Å². The van der Waals surface area contributed by atoms with Gasteiger partial charge in [-0.15, -0.1) is 0 Å². The number of azide groups is 1. The Labute approximate surface area is 103 Å². The highest BCUT2D eigenvalue weighted by atomic mass is 35.5. The van der Waals surface area contributed by atoms with E-state index >= 15 is 0 Å². The minimum atomic E-state index is 0.327. The number of rotatable bonds is 2. The van der Waals surface area contributed by atoms with Gasteiger partial charge in [0.25, 0.3) is 0 Å². The summed E-state index contributed by atoms with van der Waals surface area (Å²) in [7, 11) is 0. The summed E-state index contributed by atoms with van der Waals surface area (Å²) in [5, 5.41) is 4.19. The second kappa shape index (κ2) is 6.14. The molecule has 0 heterocycles. The Morgan fingerprint density at radius 2 is 2.00 bits per heavy atom. The Morgan fingerprint density at radius 3 is 2.56 bits per heavy atom. The van der Waals surface area contributed by atoms with Gasteiger partial charge in [-0.1, -0.05) is 40.2 Å². The Kier molecular flexibility index (Phi) is 4.81. The molecule has 0 saturated carbocycles. The summed E-state index contributed by atoms with van der Waals surface area (Å²) >= 11 is 11.9. The van der Waals surface area contributed by atoms with Crippen LogP contribution >= 0.6 is 23.2 Å². The number of nitrogens with two attached hydrogens (primary N) is 1. The van der Waals surface area contributed by atoms with E-state index in [1.807, 2.05) is 0 Å². The normalized spacial score (nSPS) is 8.88. The lowest BCUT2D eigenvalue weighted by Gasteiger charge is -2.01. The van der Waals surface area contributed by atoms with Gasteiger partial charge in [-0.05, 0) is 17.7 Å². The molecular formula is C10H8Cl2N4. The molecule has 0 amide bonds. The fourth-order valence-electron chi connectivity index (χ4n) is 1.01. The molecule has 1 aromatic carbocycles. The van der Waals surface area contributed by atoms with Crippen LogP contribution in [0, 0.1) is 11.8 Å². The summed E-state index contributed by atoms with van der Waals surface area (Å²) in [6.45, 7) is 0.327. The van der Waals surface area contributed by atoms with E-state index in [-0.39, 0.29) is 0 Å². The van der Waals surface area contributed by atoms with Crippen molar-refractivity contribution in [2.45, 2.75) is 6.42 Å². The van der Waals surface area contributed by atoms with Crippen molar-refractivity contribution in [2.24, 2.45) is 5.11 Å². The molecule has 6 heteroatoms. The number of hydrogen-bond donors (Lipinski definition) is 1. The number of nitrogen functional groups attached to an aromatic ring is 1. The van der Waals surface area contributed by atoms with Gasteiger partial charge in [0.1, 0.15) is 0 Å². The predicted octanol–water partition coefficient (Wildman–Crippen LogP) is 3.63. The van der Waals surface area contributed by atoms with Crippen LogP contribution in [-0.4, -0.2) is 6.54 Å². The van der Waals surface area contributed by atoms with E-state index in [1.165, 1.54) is 0 Å². The molecule has 0 spiro atoms. The summed E-state index contributed by atoms with van der Waals surface area (Å²) in [4.78, 5) is 2.62. The molecule has 0 fully saturated rings. The van der Waals surface area contributed by atoms with Gasteiger partial charge >= 0.3 is 0 Å². The van der Waals surface area contributed by atoms with Gasteiger partial charge < -0.3 is 5.73 Å². The quantitative estimate of drug-likeness (QED) is 0.215. The lowest BCUT2D eigenvalue weighted by atomic mass is 10.2. The van der Waals surface area contributed by atoms with Gasteiger partial charge in [0.15, 0.2) is 0 Å². The highest BCUT2D eigenvalue weighted by Crippen LogP contribution is 2.26. The van der Waals surface area contributed by atoms with E-state index in [0.717, 1.165) is 0 Å². The molecular weight excluding hydrogens is 247 g/mol. The second-order valence-corrected chi connectivity index (χ2v) is 3.68. The molecule has 1 aromatic rings. The lowest BCUT2D eigenvalue weighted by Crippen LogP contribution is -1.87. The zero-order valence-electron chi connectivity index (χ0n) is 8.24. The van der Waals surface area contributed by atoms with Crippen LogP contribution in [0.5, 0.6) is 0 Å². The van der Waals surface area contributed by atoms with E-state index in [2.05, 4.69) is 21.9 Å². The molecule has 0 aliphatic rings. The molecule has 4 nitrogen and oxygen atoms in total. The van der Waals surface area contributed by atoms with E-state index < -0.39 is 0 Å². The molecule has 1 rings (SSSR count). The van der Waals surface area contributed by atoms with Crippen LogP contribution in [0.25, 0.3) is 10.4 Å². The van der Waals surface area contributed by atoms with E-state index in [4.69, 9.17) is 34.5 Å². The highest BCUT2D eigenvalue weighted by molar-refractivity contribution is 6.37. The topological polar surface area (TPSA) is 74.8 Å². The second-order valence-electron chi connectivity index (χ2n) is 2.87. The van der Waals surface area contributed by atoms with Gasteiger partial charge in [0.05, 0.1) is 15.6 Å². The van der Waals surface area contributed by atoms with Crippen LogP contribution in [0.2, 0.25) is 10.0 Å². The van der Waals surface area contributed by atoms with Crippen molar-refractivity contribution in [1.29, 1.82) is 0 Å². The summed E-state index contributed by atoms with van der Waals surface area (Å²) in [6, 6.07) is 3.18. The monoisotopic (exact) mass is 254 g/mol. The predicted molar refractivity (Wildman–Crippen MR) is 66.4 cm³/mol. The zero-order chi connectivity index (χ0) is 12.0. The number of anilines is 1. The van der Waals surface area contributed by atoms with Crippen LogP contribution in [0.15, 0.2) is 17.2 Å². The third-order valence-corrected chi connectivity index (χ3v) is 2.27. The van der Waals surface area contributed by atoms with Crippen LogP contribution < -0.4 is 5.73 Å². The minimum absolute atomic E-state index is 0.327. The summed E-state index contributed by atoms with van der Waals surface area (Å²) in [5.41, 5.74) is 14.6. The maximum absolute atomic E-state index is 8.06. The van der Waals surface area contributed by atoms with E-state index in [0.29, 0.717) is 34.3 Å². The van der Waals surface area contributed by atoms with Gasteiger partial charge in [-0.2, -0.15) is 0 Å². The Balaban J connectivity index is 2.84. The van der Waals surface area contributed by atoms with Gasteiger partial charge in [0.2, 0.25) is 0 Å². The first kappa shape index (κ1) is 12.5. The third kappa shape index (κ3) is 3.56. The first-order valence-corrected chi connectivity index (χ1v) is 5.15. The maximum atomic E-state index is 8.06. The lowest BCUT2D eigenvalue weighted by molar-refractivity contribution is 1.01. The molecule has 0 saturated heterocycles. The number of benzene rings is 1. The van der Waals surface area contributed by atoms with Gasteiger partial charge in [-0.3, -0.25) is 0 Å². The Bertz CT molecular complexity index is 472. The standard InChI is InChI=1S/C10H8Cl2N4/c11-9-5-7(13)6-10(12)8(9)3-1-2-4-15-16-14/h5-6H,2,4,13H2. The molecule has 0 radical (unpaired) electrons. The van der Waals surface area contributed by atoms with Crippen LogP contribution in [0.3, 0.4) is 0 Å². The summed E-state index contributed by atoms with van der Waals surface area (Å²) in [5.74, 6) is 5.63. The van der Waals surface area contributed by atoms with Crippen molar-refractivity contribution in [3.05, 3.63) is 38.2 Å². The van der Waals surface area contributed by atoms with Crippen LogP contribution in [-0.2, 0) is 0 Å². The first-order valence-electron chi connectivity index (χ1n) is 4.39. The Morgan fingerprint density at radius 1 is 1.38 bits per heavy atom. The highest BCUT2D eigenvalue weighted by Gasteiger charge is 2.03. The minimum Gasteiger partial charge on any atom is -0.399 e. The molecule has 0 unspecified atom stereocenters. The number of hydrogen-bond acceptors (Lipinski definition) is 2. The molecule has 0 aliphatic carbocycles. The zero-order valence-corrected chi connectivity index (χ0v) is 9.76. The fraction of sp³-hybridized carbons (Fsp3) is 0.200. The van der Waals surface area contributed by atoms with Gasteiger partial charge in [-0.25, -0.2) is 0 Å². The SMILES string of the molecule is [N-]=[N+]=NCCC#Cc1c(Cl)cc(N)cc1Cl. The molecule has 2 N–H and O–H groups in total. The smallest absolute Gasteiger partial charge is 0.0619 e. The van der Waals surface area contributed by atoms with Crippen molar-refractivity contribution in [3.8, 4) is 11.8 Å². The largest absolute Gasteiger partial charge is 0.399 e. The molecule has 16 heavy (non-hydrogen) atoms. The number of halogens is 2. The number of nitrogens with zero attached hydrogens (tertiary/aromatic N) is 3. The molecule has 82 valence electrons. The van der Waals surface area contributed by atoms with Crippen molar-refractivity contribution in [1.82, 2.24) is 0 Å². The van der Waals surface area contributed by atoms with Crippen molar-refractivity contribution < 1.29 is 0 Å². The summed E-state index contributed by atoms with van der Waals surface area (Å²) in [6.07, 6.45) is 0.459. The molecule has 0 bridgehead atoms. The van der Waals surface area contributed by atoms with Crippen LogP contribution in [0.4, 0.5) is 5.69 Å². The Hall–Kier alpha value is -1.53. The maximum Gasteiger partial charge on any atom is 0.0619 e. The average molecular weight is 255 g/mol.